The van der Waals surface area contributed by atoms with Gasteiger partial charge in [0.2, 0.25) is 5.91 Å². The number of piperidine rings is 1. The van der Waals surface area contributed by atoms with Crippen LogP contribution in [0.4, 0.5) is 5.69 Å². The fourth-order valence-corrected chi connectivity index (χ4v) is 2.53. The van der Waals surface area contributed by atoms with Gasteiger partial charge in [-0.1, -0.05) is 31.5 Å². The number of carbonyl (C=O) groups is 1. The van der Waals surface area contributed by atoms with Crippen molar-refractivity contribution in [3.05, 3.63) is 30.3 Å². The Hall–Kier alpha value is -1.35. The summed E-state index contributed by atoms with van der Waals surface area (Å²) in [6.07, 6.45) is 4.33. The van der Waals surface area contributed by atoms with Crippen molar-refractivity contribution in [1.82, 2.24) is 5.32 Å². The molecule has 1 aliphatic rings. The van der Waals surface area contributed by atoms with Crippen LogP contribution in [0.3, 0.4) is 0 Å². The van der Waals surface area contributed by atoms with E-state index in [9.17, 15) is 4.79 Å². The Morgan fingerprint density at radius 2 is 2.17 bits per heavy atom. The standard InChI is InChI=1S/C15H22N2O/c1-12(14-9-5-6-10-16-14)11-15(18)17-13-7-3-2-4-8-13/h2-4,7-8,12,14,16H,5-6,9-11H2,1H3,(H,17,18)/t12-,14+/m0/s1. The van der Waals surface area contributed by atoms with Gasteiger partial charge in [0.25, 0.3) is 0 Å². The molecule has 1 fully saturated rings. The summed E-state index contributed by atoms with van der Waals surface area (Å²) in [5.41, 5.74) is 0.881. The topological polar surface area (TPSA) is 41.1 Å². The first-order valence-electron chi connectivity index (χ1n) is 6.84. The van der Waals surface area contributed by atoms with E-state index in [0.717, 1.165) is 12.2 Å². The fraction of sp³-hybridized carbons (Fsp3) is 0.533. The fourth-order valence-electron chi connectivity index (χ4n) is 2.53. The molecular formula is C15H22N2O. The van der Waals surface area contributed by atoms with E-state index in [1.807, 2.05) is 30.3 Å². The van der Waals surface area contributed by atoms with Crippen molar-refractivity contribution in [3.8, 4) is 0 Å². The van der Waals surface area contributed by atoms with E-state index < -0.39 is 0 Å². The van der Waals surface area contributed by atoms with Crippen LogP contribution in [-0.4, -0.2) is 18.5 Å². The SMILES string of the molecule is C[C@@H](CC(=O)Nc1ccccc1)[C@H]1CCCCN1. The second kappa shape index (κ2) is 6.55. The van der Waals surface area contributed by atoms with Gasteiger partial charge >= 0.3 is 0 Å². The summed E-state index contributed by atoms with van der Waals surface area (Å²) in [7, 11) is 0. The number of carbonyl (C=O) groups excluding carboxylic acids is 1. The van der Waals surface area contributed by atoms with Gasteiger partial charge in [-0.05, 0) is 37.4 Å². The predicted octanol–water partition coefficient (Wildman–Crippen LogP) is 2.79. The van der Waals surface area contributed by atoms with Crippen molar-refractivity contribution in [2.45, 2.75) is 38.6 Å². The molecule has 0 radical (unpaired) electrons. The molecule has 2 rings (SSSR count). The highest BCUT2D eigenvalue weighted by molar-refractivity contribution is 5.90. The molecule has 1 saturated heterocycles. The monoisotopic (exact) mass is 246 g/mol. The molecule has 1 heterocycles. The summed E-state index contributed by atoms with van der Waals surface area (Å²) in [6, 6.07) is 10.1. The predicted molar refractivity (Wildman–Crippen MR) is 74.5 cm³/mol. The van der Waals surface area contributed by atoms with Crippen molar-refractivity contribution in [2.24, 2.45) is 5.92 Å². The smallest absolute Gasteiger partial charge is 0.224 e. The number of anilines is 1. The van der Waals surface area contributed by atoms with Crippen molar-refractivity contribution >= 4 is 11.6 Å². The van der Waals surface area contributed by atoms with Gasteiger partial charge in [-0.2, -0.15) is 0 Å². The Bertz CT molecular complexity index is 371. The third kappa shape index (κ3) is 3.84. The summed E-state index contributed by atoms with van der Waals surface area (Å²) < 4.78 is 0. The van der Waals surface area contributed by atoms with Gasteiger partial charge in [0.1, 0.15) is 0 Å². The van der Waals surface area contributed by atoms with Gasteiger partial charge in [-0.25, -0.2) is 0 Å². The number of nitrogens with one attached hydrogen (secondary N) is 2. The van der Waals surface area contributed by atoms with Crippen LogP contribution in [0.5, 0.6) is 0 Å². The summed E-state index contributed by atoms with van der Waals surface area (Å²) in [4.78, 5) is 11.9. The van der Waals surface area contributed by atoms with Gasteiger partial charge < -0.3 is 10.6 Å². The number of amides is 1. The second-order valence-electron chi connectivity index (χ2n) is 5.15. The van der Waals surface area contributed by atoms with E-state index in [2.05, 4.69) is 17.6 Å². The Morgan fingerprint density at radius 3 is 2.83 bits per heavy atom. The van der Waals surface area contributed by atoms with Crippen LogP contribution in [0.25, 0.3) is 0 Å². The van der Waals surface area contributed by atoms with Gasteiger partial charge in [0.05, 0.1) is 0 Å². The zero-order valence-corrected chi connectivity index (χ0v) is 11.0. The molecule has 3 nitrogen and oxygen atoms in total. The quantitative estimate of drug-likeness (QED) is 0.857. The maximum absolute atomic E-state index is 11.9. The van der Waals surface area contributed by atoms with E-state index in [1.165, 1.54) is 19.3 Å². The van der Waals surface area contributed by atoms with Gasteiger partial charge in [0.15, 0.2) is 0 Å². The molecule has 18 heavy (non-hydrogen) atoms. The number of rotatable bonds is 4. The van der Waals surface area contributed by atoms with Crippen LogP contribution in [-0.2, 0) is 4.79 Å². The van der Waals surface area contributed by atoms with Crippen molar-refractivity contribution in [3.63, 3.8) is 0 Å². The molecule has 1 amide bonds. The maximum Gasteiger partial charge on any atom is 0.224 e. The molecule has 0 bridgehead atoms. The van der Waals surface area contributed by atoms with E-state index in [1.54, 1.807) is 0 Å². The first kappa shape index (κ1) is 13.1. The van der Waals surface area contributed by atoms with Gasteiger partial charge in [0, 0.05) is 18.2 Å². The van der Waals surface area contributed by atoms with Crippen LogP contribution >= 0.6 is 0 Å². The molecule has 2 atom stereocenters. The lowest BCUT2D eigenvalue weighted by Gasteiger charge is -2.28. The second-order valence-corrected chi connectivity index (χ2v) is 5.15. The van der Waals surface area contributed by atoms with Crippen LogP contribution in [0, 0.1) is 5.92 Å². The van der Waals surface area contributed by atoms with Crippen molar-refractivity contribution in [2.75, 3.05) is 11.9 Å². The third-order valence-electron chi connectivity index (χ3n) is 3.60. The van der Waals surface area contributed by atoms with Crippen LogP contribution in [0.15, 0.2) is 30.3 Å². The van der Waals surface area contributed by atoms with E-state index in [-0.39, 0.29) is 5.91 Å². The van der Waals surface area contributed by atoms with E-state index in [0.29, 0.717) is 18.4 Å². The minimum atomic E-state index is 0.112. The third-order valence-corrected chi connectivity index (χ3v) is 3.60. The number of benzene rings is 1. The Labute approximate surface area is 109 Å². The number of para-hydroxylation sites is 1. The molecule has 0 saturated carbocycles. The molecule has 0 unspecified atom stereocenters. The van der Waals surface area contributed by atoms with Crippen molar-refractivity contribution in [1.29, 1.82) is 0 Å². The molecule has 2 N–H and O–H groups in total. The first-order chi connectivity index (χ1) is 8.75. The Morgan fingerprint density at radius 1 is 1.39 bits per heavy atom. The lowest BCUT2D eigenvalue weighted by atomic mass is 9.91. The average Bonchev–Trinajstić information content (AvgIpc) is 2.40. The Kier molecular flexibility index (Phi) is 4.76. The van der Waals surface area contributed by atoms with Crippen LogP contribution in [0.1, 0.15) is 32.6 Å². The highest BCUT2D eigenvalue weighted by Gasteiger charge is 2.21. The van der Waals surface area contributed by atoms with Gasteiger partial charge in [-0.15, -0.1) is 0 Å². The van der Waals surface area contributed by atoms with Gasteiger partial charge in [-0.3, -0.25) is 4.79 Å². The molecule has 1 aromatic carbocycles. The molecule has 0 aliphatic carbocycles. The highest BCUT2D eigenvalue weighted by Crippen LogP contribution is 2.18. The largest absolute Gasteiger partial charge is 0.326 e. The molecule has 1 aromatic rings. The molecule has 0 spiro atoms. The molecular weight excluding hydrogens is 224 g/mol. The molecule has 3 heteroatoms. The average molecular weight is 246 g/mol. The van der Waals surface area contributed by atoms with Crippen LogP contribution < -0.4 is 10.6 Å². The van der Waals surface area contributed by atoms with E-state index >= 15 is 0 Å². The summed E-state index contributed by atoms with van der Waals surface area (Å²) in [5.74, 6) is 0.509. The Balaban J connectivity index is 1.79. The molecule has 0 aromatic heterocycles. The lowest BCUT2D eigenvalue weighted by Crippen LogP contribution is -2.40. The summed E-state index contributed by atoms with van der Waals surface area (Å²) >= 11 is 0. The maximum atomic E-state index is 11.9. The summed E-state index contributed by atoms with van der Waals surface area (Å²) in [5, 5.41) is 6.45. The first-order valence-corrected chi connectivity index (χ1v) is 6.84. The molecule has 1 aliphatic heterocycles. The zero-order valence-electron chi connectivity index (χ0n) is 11.0. The van der Waals surface area contributed by atoms with E-state index in [4.69, 9.17) is 0 Å². The summed E-state index contributed by atoms with van der Waals surface area (Å²) in [6.45, 7) is 3.25. The van der Waals surface area contributed by atoms with Crippen LogP contribution in [0.2, 0.25) is 0 Å². The molecule has 98 valence electrons. The number of hydrogen-bond acceptors (Lipinski definition) is 2. The normalized spacial score (nSPS) is 21.3. The highest BCUT2D eigenvalue weighted by atomic mass is 16.1. The zero-order chi connectivity index (χ0) is 12.8. The lowest BCUT2D eigenvalue weighted by molar-refractivity contribution is -0.117. The number of hydrogen-bond donors (Lipinski definition) is 2. The minimum absolute atomic E-state index is 0.112. The minimum Gasteiger partial charge on any atom is -0.326 e. The van der Waals surface area contributed by atoms with Crippen molar-refractivity contribution < 1.29 is 4.79 Å².